The first kappa shape index (κ1) is 22.0. The van der Waals surface area contributed by atoms with E-state index in [4.69, 9.17) is 4.42 Å². The SMILES string of the molecule is CCC(CC)C(=O)N1CCC(NC(=O)CCc2ncc(-c3ccc(F)cc3)o2)CC1. The molecule has 0 spiro atoms. The van der Waals surface area contributed by atoms with Gasteiger partial charge < -0.3 is 14.6 Å². The average molecular weight is 416 g/mol. The van der Waals surface area contributed by atoms with Crippen molar-refractivity contribution in [1.29, 1.82) is 0 Å². The van der Waals surface area contributed by atoms with Crippen molar-refractivity contribution >= 4 is 11.8 Å². The van der Waals surface area contributed by atoms with Crippen LogP contribution in [-0.2, 0) is 16.0 Å². The molecule has 30 heavy (non-hydrogen) atoms. The van der Waals surface area contributed by atoms with Gasteiger partial charge in [-0.05, 0) is 49.9 Å². The van der Waals surface area contributed by atoms with Crippen LogP contribution < -0.4 is 5.32 Å². The summed E-state index contributed by atoms with van der Waals surface area (Å²) in [5, 5.41) is 3.06. The van der Waals surface area contributed by atoms with E-state index < -0.39 is 0 Å². The van der Waals surface area contributed by atoms with Crippen LogP contribution in [0.1, 0.15) is 51.8 Å². The van der Waals surface area contributed by atoms with Crippen LogP contribution >= 0.6 is 0 Å². The second-order valence-electron chi connectivity index (χ2n) is 7.81. The number of halogens is 1. The van der Waals surface area contributed by atoms with Gasteiger partial charge in [-0.3, -0.25) is 9.59 Å². The Labute approximate surface area is 176 Å². The minimum absolute atomic E-state index is 0.0405. The van der Waals surface area contributed by atoms with Crippen molar-refractivity contribution in [3.8, 4) is 11.3 Å². The number of rotatable bonds is 8. The normalized spacial score (nSPS) is 14.9. The summed E-state index contributed by atoms with van der Waals surface area (Å²) < 4.78 is 18.7. The van der Waals surface area contributed by atoms with E-state index in [1.807, 2.05) is 4.90 Å². The number of nitrogens with zero attached hydrogens (tertiary/aromatic N) is 2. The highest BCUT2D eigenvalue weighted by Gasteiger charge is 2.27. The Balaban J connectivity index is 1.42. The Bertz CT molecular complexity index is 838. The molecule has 2 heterocycles. The summed E-state index contributed by atoms with van der Waals surface area (Å²) in [6.07, 6.45) is 5.59. The molecule has 6 nitrogen and oxygen atoms in total. The predicted molar refractivity (Wildman–Crippen MR) is 112 cm³/mol. The lowest BCUT2D eigenvalue weighted by atomic mass is 9.98. The molecule has 0 aliphatic carbocycles. The lowest BCUT2D eigenvalue weighted by Gasteiger charge is -2.34. The fourth-order valence-electron chi connectivity index (χ4n) is 3.83. The van der Waals surface area contributed by atoms with Crippen molar-refractivity contribution in [3.05, 3.63) is 42.2 Å². The maximum atomic E-state index is 13.0. The summed E-state index contributed by atoms with van der Waals surface area (Å²) in [6.45, 7) is 5.49. The summed E-state index contributed by atoms with van der Waals surface area (Å²) >= 11 is 0. The van der Waals surface area contributed by atoms with Crippen LogP contribution in [0.5, 0.6) is 0 Å². The quantitative estimate of drug-likeness (QED) is 0.708. The molecule has 1 aliphatic heterocycles. The summed E-state index contributed by atoms with van der Waals surface area (Å²) in [5.74, 6) is 1.04. The Morgan fingerprint density at radius 1 is 1.20 bits per heavy atom. The fraction of sp³-hybridized carbons (Fsp3) is 0.522. The Hall–Kier alpha value is -2.70. The number of aromatic nitrogens is 1. The van der Waals surface area contributed by atoms with Gasteiger partial charge in [0.1, 0.15) is 5.82 Å². The maximum Gasteiger partial charge on any atom is 0.225 e. The molecule has 1 N–H and O–H groups in total. The van der Waals surface area contributed by atoms with Crippen molar-refractivity contribution in [2.45, 2.75) is 58.4 Å². The second-order valence-corrected chi connectivity index (χ2v) is 7.81. The molecule has 0 radical (unpaired) electrons. The van der Waals surface area contributed by atoms with E-state index >= 15 is 0 Å². The topological polar surface area (TPSA) is 75.4 Å². The smallest absolute Gasteiger partial charge is 0.225 e. The Kier molecular flexibility index (Phi) is 7.60. The number of amides is 2. The van der Waals surface area contributed by atoms with Crippen LogP contribution in [0.25, 0.3) is 11.3 Å². The van der Waals surface area contributed by atoms with E-state index in [-0.39, 0.29) is 36.0 Å². The van der Waals surface area contributed by atoms with Gasteiger partial charge in [0.25, 0.3) is 0 Å². The molecular weight excluding hydrogens is 385 g/mol. The van der Waals surface area contributed by atoms with Crippen LogP contribution in [0.4, 0.5) is 4.39 Å². The van der Waals surface area contributed by atoms with Gasteiger partial charge in [-0.25, -0.2) is 9.37 Å². The molecule has 162 valence electrons. The highest BCUT2D eigenvalue weighted by molar-refractivity contribution is 5.79. The number of aryl methyl sites for hydroxylation is 1. The zero-order valence-electron chi connectivity index (χ0n) is 17.7. The van der Waals surface area contributed by atoms with Gasteiger partial charge in [0.05, 0.1) is 6.20 Å². The molecule has 2 aromatic rings. The summed E-state index contributed by atoms with van der Waals surface area (Å²) in [4.78, 5) is 30.9. The van der Waals surface area contributed by atoms with E-state index in [2.05, 4.69) is 24.1 Å². The molecule has 1 aliphatic rings. The molecule has 3 rings (SSSR count). The minimum atomic E-state index is -0.305. The molecule has 1 aromatic heterocycles. The number of carbonyl (C=O) groups is 2. The third-order valence-electron chi connectivity index (χ3n) is 5.75. The number of benzene rings is 1. The molecule has 0 saturated carbocycles. The number of likely N-dealkylation sites (tertiary alicyclic amines) is 1. The van der Waals surface area contributed by atoms with E-state index in [0.717, 1.165) is 31.2 Å². The largest absolute Gasteiger partial charge is 0.441 e. The molecule has 1 fully saturated rings. The number of nitrogens with one attached hydrogen (secondary N) is 1. The highest BCUT2D eigenvalue weighted by atomic mass is 19.1. The molecular formula is C23H30FN3O3. The molecule has 0 atom stereocenters. The number of carbonyl (C=O) groups excluding carboxylic acids is 2. The van der Waals surface area contributed by atoms with E-state index in [0.29, 0.717) is 31.2 Å². The van der Waals surface area contributed by atoms with Crippen molar-refractivity contribution < 1.29 is 18.4 Å². The number of hydrogen-bond donors (Lipinski definition) is 1. The molecule has 1 aromatic carbocycles. The second kappa shape index (κ2) is 10.4. The first-order valence-electron chi connectivity index (χ1n) is 10.8. The summed E-state index contributed by atoms with van der Waals surface area (Å²) in [7, 11) is 0. The lowest BCUT2D eigenvalue weighted by molar-refractivity contribution is -0.137. The lowest BCUT2D eigenvalue weighted by Crippen LogP contribution is -2.48. The highest BCUT2D eigenvalue weighted by Crippen LogP contribution is 2.21. The van der Waals surface area contributed by atoms with E-state index in [1.165, 1.54) is 12.1 Å². The first-order chi connectivity index (χ1) is 14.5. The van der Waals surface area contributed by atoms with Crippen LogP contribution in [0.15, 0.2) is 34.9 Å². The number of hydrogen-bond acceptors (Lipinski definition) is 4. The van der Waals surface area contributed by atoms with Gasteiger partial charge in [-0.15, -0.1) is 0 Å². The minimum Gasteiger partial charge on any atom is -0.441 e. The van der Waals surface area contributed by atoms with Crippen LogP contribution in [0.2, 0.25) is 0 Å². The van der Waals surface area contributed by atoms with Crippen molar-refractivity contribution in [3.63, 3.8) is 0 Å². The number of piperidine rings is 1. The van der Waals surface area contributed by atoms with Crippen molar-refractivity contribution in [1.82, 2.24) is 15.2 Å². The van der Waals surface area contributed by atoms with Gasteiger partial charge in [0.15, 0.2) is 11.7 Å². The fourth-order valence-corrected chi connectivity index (χ4v) is 3.83. The van der Waals surface area contributed by atoms with Crippen LogP contribution in [-0.4, -0.2) is 40.8 Å². The van der Waals surface area contributed by atoms with E-state index in [1.54, 1.807) is 18.3 Å². The summed E-state index contributed by atoms with van der Waals surface area (Å²) in [6, 6.07) is 6.10. The molecule has 1 saturated heterocycles. The molecule has 7 heteroatoms. The maximum absolute atomic E-state index is 13.0. The monoisotopic (exact) mass is 415 g/mol. The predicted octanol–water partition coefficient (Wildman–Crippen LogP) is 3.96. The Morgan fingerprint density at radius 2 is 1.87 bits per heavy atom. The third-order valence-corrected chi connectivity index (χ3v) is 5.75. The van der Waals surface area contributed by atoms with Gasteiger partial charge in [-0.1, -0.05) is 13.8 Å². The van der Waals surface area contributed by atoms with Crippen LogP contribution in [0.3, 0.4) is 0 Å². The molecule has 2 amide bonds. The third kappa shape index (κ3) is 5.68. The van der Waals surface area contributed by atoms with Gasteiger partial charge in [0, 0.05) is 43.5 Å². The molecule has 0 bridgehead atoms. The van der Waals surface area contributed by atoms with Crippen LogP contribution in [0, 0.1) is 11.7 Å². The van der Waals surface area contributed by atoms with Crippen molar-refractivity contribution in [2.75, 3.05) is 13.1 Å². The van der Waals surface area contributed by atoms with Gasteiger partial charge in [-0.2, -0.15) is 0 Å². The van der Waals surface area contributed by atoms with Crippen molar-refractivity contribution in [2.24, 2.45) is 5.92 Å². The standard InChI is InChI=1S/C23H30FN3O3/c1-3-16(4-2)23(29)27-13-11-19(12-14-27)26-21(28)9-10-22-25-15-20(30-22)17-5-7-18(24)8-6-17/h5-8,15-16,19H,3-4,9-14H2,1-2H3,(H,26,28). The first-order valence-corrected chi connectivity index (χ1v) is 10.8. The van der Waals surface area contributed by atoms with E-state index in [9.17, 15) is 14.0 Å². The Morgan fingerprint density at radius 3 is 2.50 bits per heavy atom. The average Bonchev–Trinajstić information content (AvgIpc) is 3.23. The zero-order valence-corrected chi connectivity index (χ0v) is 17.7. The summed E-state index contributed by atoms with van der Waals surface area (Å²) in [5.41, 5.74) is 0.745. The van der Waals surface area contributed by atoms with Gasteiger partial charge >= 0.3 is 0 Å². The zero-order chi connectivity index (χ0) is 21.5. The number of oxazole rings is 1. The van der Waals surface area contributed by atoms with Gasteiger partial charge in [0.2, 0.25) is 11.8 Å². The molecule has 0 unspecified atom stereocenters.